The van der Waals surface area contributed by atoms with E-state index in [9.17, 15) is 4.79 Å². The van der Waals surface area contributed by atoms with Gasteiger partial charge in [0.1, 0.15) is 11.5 Å². The minimum atomic E-state index is -0.0200. The van der Waals surface area contributed by atoms with Gasteiger partial charge in [-0.3, -0.25) is 4.79 Å². The van der Waals surface area contributed by atoms with Crippen molar-refractivity contribution in [2.45, 2.75) is 12.5 Å². The zero-order valence-electron chi connectivity index (χ0n) is 10.7. The molecule has 1 aliphatic heterocycles. The first-order valence-corrected chi connectivity index (χ1v) is 5.96. The molecule has 18 heavy (non-hydrogen) atoms. The molecular formula is C13H18N2O3. The van der Waals surface area contributed by atoms with Gasteiger partial charge < -0.3 is 20.1 Å². The third-order valence-corrected chi connectivity index (χ3v) is 3.04. The number of nitrogens with one attached hydrogen (secondary N) is 2. The maximum Gasteiger partial charge on any atom is 0.221 e. The molecule has 1 aromatic rings. The van der Waals surface area contributed by atoms with Crippen LogP contribution in [0.2, 0.25) is 0 Å². The first-order chi connectivity index (χ1) is 8.74. The molecule has 1 fully saturated rings. The standard InChI is InChI=1S/C13H18N2O3/c1-17-9-3-4-10(12(7-9)18-2)11-8-13(16)15-6-5-14-11/h3-4,7,11,14H,5-6,8H2,1-2H3,(H,15,16). The highest BCUT2D eigenvalue weighted by molar-refractivity contribution is 5.77. The number of ether oxygens (including phenoxy) is 2. The Balaban J connectivity index is 2.27. The van der Waals surface area contributed by atoms with Gasteiger partial charge in [-0.2, -0.15) is 0 Å². The molecule has 0 spiro atoms. The van der Waals surface area contributed by atoms with Crippen molar-refractivity contribution in [2.24, 2.45) is 0 Å². The summed E-state index contributed by atoms with van der Waals surface area (Å²) in [5, 5.41) is 6.17. The Morgan fingerprint density at radius 3 is 2.78 bits per heavy atom. The van der Waals surface area contributed by atoms with Crippen LogP contribution in [0, 0.1) is 0 Å². The van der Waals surface area contributed by atoms with Crippen molar-refractivity contribution in [1.82, 2.24) is 10.6 Å². The van der Waals surface area contributed by atoms with Gasteiger partial charge in [0.05, 0.1) is 14.2 Å². The van der Waals surface area contributed by atoms with E-state index >= 15 is 0 Å². The number of carbonyl (C=O) groups is 1. The van der Waals surface area contributed by atoms with E-state index in [1.807, 2.05) is 18.2 Å². The van der Waals surface area contributed by atoms with E-state index in [1.54, 1.807) is 14.2 Å². The quantitative estimate of drug-likeness (QED) is 0.835. The Labute approximate surface area is 106 Å². The zero-order valence-corrected chi connectivity index (χ0v) is 10.7. The average molecular weight is 250 g/mol. The lowest BCUT2D eigenvalue weighted by molar-refractivity contribution is -0.121. The van der Waals surface area contributed by atoms with Gasteiger partial charge in [-0.05, 0) is 6.07 Å². The SMILES string of the molecule is COc1ccc(C2CC(=O)NCCN2)c(OC)c1. The summed E-state index contributed by atoms with van der Waals surface area (Å²) < 4.78 is 10.5. The second kappa shape index (κ2) is 5.73. The Kier molecular flexibility index (Phi) is 4.04. The van der Waals surface area contributed by atoms with Crippen LogP contribution < -0.4 is 20.1 Å². The van der Waals surface area contributed by atoms with Crippen LogP contribution in [0.1, 0.15) is 18.0 Å². The summed E-state index contributed by atoms with van der Waals surface area (Å²) in [6.07, 6.45) is 0.419. The fourth-order valence-electron chi connectivity index (χ4n) is 2.10. The molecule has 2 rings (SSSR count). The smallest absolute Gasteiger partial charge is 0.221 e. The number of benzene rings is 1. The van der Waals surface area contributed by atoms with Gasteiger partial charge in [0, 0.05) is 37.2 Å². The monoisotopic (exact) mass is 250 g/mol. The molecule has 2 N–H and O–H groups in total. The highest BCUT2D eigenvalue weighted by Crippen LogP contribution is 2.31. The second-order valence-corrected chi connectivity index (χ2v) is 4.17. The molecule has 98 valence electrons. The number of methoxy groups -OCH3 is 2. The normalized spacial score (nSPS) is 19.9. The molecule has 0 aromatic heterocycles. The second-order valence-electron chi connectivity index (χ2n) is 4.17. The highest BCUT2D eigenvalue weighted by atomic mass is 16.5. The lowest BCUT2D eigenvalue weighted by atomic mass is 10.0. The van der Waals surface area contributed by atoms with Crippen LogP contribution >= 0.6 is 0 Å². The van der Waals surface area contributed by atoms with E-state index in [1.165, 1.54) is 0 Å². The van der Waals surface area contributed by atoms with Crippen molar-refractivity contribution in [2.75, 3.05) is 27.3 Å². The number of rotatable bonds is 3. The van der Waals surface area contributed by atoms with Crippen LogP contribution in [-0.4, -0.2) is 33.2 Å². The summed E-state index contributed by atoms with van der Waals surface area (Å²) in [6.45, 7) is 1.42. The molecule has 1 aliphatic rings. The van der Waals surface area contributed by atoms with E-state index in [2.05, 4.69) is 10.6 Å². The summed E-state index contributed by atoms with van der Waals surface area (Å²) >= 11 is 0. The Morgan fingerprint density at radius 2 is 2.06 bits per heavy atom. The minimum Gasteiger partial charge on any atom is -0.497 e. The Morgan fingerprint density at radius 1 is 1.22 bits per heavy atom. The maximum absolute atomic E-state index is 11.6. The fourth-order valence-corrected chi connectivity index (χ4v) is 2.10. The van der Waals surface area contributed by atoms with E-state index in [-0.39, 0.29) is 11.9 Å². The minimum absolute atomic E-state index is 0.0200. The number of amides is 1. The van der Waals surface area contributed by atoms with Crippen LogP contribution in [0.25, 0.3) is 0 Å². The van der Waals surface area contributed by atoms with Crippen LogP contribution in [0.5, 0.6) is 11.5 Å². The summed E-state index contributed by atoms with van der Waals surface area (Å²) in [5.74, 6) is 1.54. The molecule has 0 bridgehead atoms. The topological polar surface area (TPSA) is 59.6 Å². The van der Waals surface area contributed by atoms with Crippen molar-refractivity contribution >= 4 is 5.91 Å². The number of hydrogen-bond donors (Lipinski definition) is 2. The lowest BCUT2D eigenvalue weighted by Crippen LogP contribution is -2.24. The molecule has 5 nitrogen and oxygen atoms in total. The average Bonchev–Trinajstić information content (AvgIpc) is 2.62. The van der Waals surface area contributed by atoms with E-state index < -0.39 is 0 Å². The molecule has 5 heteroatoms. The first-order valence-electron chi connectivity index (χ1n) is 5.96. The van der Waals surface area contributed by atoms with Crippen LogP contribution in [0.3, 0.4) is 0 Å². The Hall–Kier alpha value is -1.75. The van der Waals surface area contributed by atoms with Crippen molar-refractivity contribution in [3.8, 4) is 11.5 Å². The first kappa shape index (κ1) is 12.7. The third kappa shape index (κ3) is 2.73. The van der Waals surface area contributed by atoms with Gasteiger partial charge in [0.15, 0.2) is 0 Å². The maximum atomic E-state index is 11.6. The van der Waals surface area contributed by atoms with E-state index in [0.29, 0.717) is 13.0 Å². The summed E-state index contributed by atoms with van der Waals surface area (Å²) in [4.78, 5) is 11.6. The predicted octanol–water partition coefficient (Wildman–Crippen LogP) is 0.854. The van der Waals surface area contributed by atoms with E-state index in [4.69, 9.17) is 9.47 Å². The molecule has 1 saturated heterocycles. The fraction of sp³-hybridized carbons (Fsp3) is 0.462. The number of hydrogen-bond acceptors (Lipinski definition) is 4. The van der Waals surface area contributed by atoms with Gasteiger partial charge in [0.25, 0.3) is 0 Å². The van der Waals surface area contributed by atoms with Gasteiger partial charge in [0.2, 0.25) is 5.91 Å². The summed E-state index contributed by atoms with van der Waals surface area (Å²) in [6, 6.07) is 5.63. The molecule has 1 amide bonds. The van der Waals surface area contributed by atoms with Crippen LogP contribution in [-0.2, 0) is 4.79 Å². The van der Waals surface area contributed by atoms with Crippen molar-refractivity contribution in [1.29, 1.82) is 0 Å². The molecule has 1 aromatic carbocycles. The van der Waals surface area contributed by atoms with Gasteiger partial charge in [-0.1, -0.05) is 6.07 Å². The zero-order chi connectivity index (χ0) is 13.0. The molecule has 1 heterocycles. The molecule has 0 saturated carbocycles. The Bertz CT molecular complexity index is 434. The molecule has 0 radical (unpaired) electrons. The van der Waals surface area contributed by atoms with E-state index in [0.717, 1.165) is 23.6 Å². The van der Waals surface area contributed by atoms with Crippen molar-refractivity contribution < 1.29 is 14.3 Å². The molecule has 1 atom stereocenters. The van der Waals surface area contributed by atoms with Crippen LogP contribution in [0.15, 0.2) is 18.2 Å². The molecular weight excluding hydrogens is 232 g/mol. The van der Waals surface area contributed by atoms with Crippen molar-refractivity contribution in [3.63, 3.8) is 0 Å². The van der Waals surface area contributed by atoms with Crippen molar-refractivity contribution in [3.05, 3.63) is 23.8 Å². The highest BCUT2D eigenvalue weighted by Gasteiger charge is 2.21. The molecule has 1 unspecified atom stereocenters. The third-order valence-electron chi connectivity index (χ3n) is 3.04. The van der Waals surface area contributed by atoms with Gasteiger partial charge in [-0.25, -0.2) is 0 Å². The summed E-state index contributed by atoms with van der Waals surface area (Å²) in [7, 11) is 3.24. The predicted molar refractivity (Wildman–Crippen MR) is 67.9 cm³/mol. The largest absolute Gasteiger partial charge is 0.497 e. The summed E-state index contributed by atoms with van der Waals surface area (Å²) in [5.41, 5.74) is 0.982. The van der Waals surface area contributed by atoms with Crippen LogP contribution in [0.4, 0.5) is 0 Å². The van der Waals surface area contributed by atoms with Gasteiger partial charge in [-0.15, -0.1) is 0 Å². The lowest BCUT2D eigenvalue weighted by Gasteiger charge is -2.18. The number of carbonyl (C=O) groups excluding carboxylic acids is 1. The molecule has 0 aliphatic carbocycles. The van der Waals surface area contributed by atoms with Gasteiger partial charge >= 0.3 is 0 Å².